The molecule has 0 N–H and O–H groups in total. The average molecular weight is 1030 g/mol. The van der Waals surface area contributed by atoms with Gasteiger partial charge in [0.15, 0.2) is 0 Å². The summed E-state index contributed by atoms with van der Waals surface area (Å²) < 4.78 is 8.57. The van der Waals surface area contributed by atoms with Gasteiger partial charge in [-0.05, 0) is 84.9 Å². The number of benzene rings is 8. The van der Waals surface area contributed by atoms with Gasteiger partial charge in [0.05, 0.1) is 22.8 Å². The van der Waals surface area contributed by atoms with Gasteiger partial charge in [-0.2, -0.15) is 36.4 Å². The molecule has 0 unspecified atom stereocenters. The van der Waals surface area contributed by atoms with E-state index < -0.39 is 0 Å². The minimum Gasteiger partial charge on any atom is -0.574 e. The van der Waals surface area contributed by atoms with Crippen molar-refractivity contribution in [1.82, 2.24) is 24.3 Å². The second-order valence-corrected chi connectivity index (χ2v) is 15.8. The van der Waals surface area contributed by atoms with E-state index in [1.807, 2.05) is 36.4 Å². The quantitative estimate of drug-likeness (QED) is 0.127. The molecule has 0 aliphatic carbocycles. The summed E-state index contributed by atoms with van der Waals surface area (Å²) in [5, 5.41) is 17.3. The molecule has 0 amide bonds. The van der Waals surface area contributed by atoms with E-state index in [-0.39, 0.29) is 20.1 Å². The molecule has 323 valence electrons. The van der Waals surface area contributed by atoms with Crippen molar-refractivity contribution in [2.75, 3.05) is 0 Å². The first-order chi connectivity index (χ1) is 31.9. The maximum absolute atomic E-state index is 4.12. The van der Waals surface area contributed by atoms with Crippen LogP contribution in [0.3, 0.4) is 0 Å². The first-order valence-electron chi connectivity index (χ1n) is 21.6. The van der Waals surface area contributed by atoms with Crippen molar-refractivity contribution >= 4 is 43.1 Å². The van der Waals surface area contributed by atoms with E-state index in [2.05, 4.69) is 232 Å². The molecule has 0 atom stereocenters. The predicted octanol–water partition coefficient (Wildman–Crippen LogP) is 11.7. The fourth-order valence-corrected chi connectivity index (χ4v) is 8.40. The summed E-state index contributed by atoms with van der Waals surface area (Å²) in [7, 11) is 0. The van der Waals surface area contributed by atoms with Gasteiger partial charge in [-0.25, -0.2) is 0 Å². The van der Waals surface area contributed by atoms with Crippen LogP contribution in [0.2, 0.25) is 0 Å². The molecule has 0 spiro atoms. The van der Waals surface area contributed by atoms with Crippen LogP contribution in [-0.4, -0.2) is 19.2 Å². The number of hydrogen-bond acceptors (Lipinski definition) is 2. The van der Waals surface area contributed by atoms with Gasteiger partial charge in [0.1, 0.15) is 0 Å². The third-order valence-corrected chi connectivity index (χ3v) is 12.0. The Balaban J connectivity index is 0.000000134. The van der Waals surface area contributed by atoms with Gasteiger partial charge in [-0.15, -0.1) is 33.7 Å². The van der Waals surface area contributed by atoms with Crippen LogP contribution < -0.4 is 14.2 Å². The molecular formula is C58H44IrN7-3. The van der Waals surface area contributed by atoms with Crippen molar-refractivity contribution in [1.29, 1.82) is 0 Å². The third-order valence-electron chi connectivity index (χ3n) is 12.0. The summed E-state index contributed by atoms with van der Waals surface area (Å²) in [5.74, 6) is 0. The first kappa shape index (κ1) is 43.5. The zero-order valence-electron chi connectivity index (χ0n) is 36.9. The van der Waals surface area contributed by atoms with E-state index in [1.165, 1.54) is 54.5 Å². The molecule has 1 radical (unpaired) electrons. The van der Waals surface area contributed by atoms with Gasteiger partial charge in [0.2, 0.25) is 0 Å². The van der Waals surface area contributed by atoms with Crippen LogP contribution in [-0.2, 0) is 20.1 Å². The molecule has 0 fully saturated rings. The fourth-order valence-electron chi connectivity index (χ4n) is 8.40. The largest absolute Gasteiger partial charge is 0.574 e. The van der Waals surface area contributed by atoms with Gasteiger partial charge in [0.25, 0.3) is 12.7 Å². The fraction of sp³-hybridized carbons (Fsp3) is 0.0690. The van der Waals surface area contributed by atoms with Crippen LogP contribution in [0, 0.1) is 52.5 Å². The van der Waals surface area contributed by atoms with Crippen LogP contribution >= 0.6 is 0 Å². The van der Waals surface area contributed by atoms with Gasteiger partial charge in [-0.1, -0.05) is 127 Å². The smallest absolute Gasteiger partial charge is 0.267 e. The van der Waals surface area contributed by atoms with Crippen molar-refractivity contribution in [3.63, 3.8) is 0 Å². The van der Waals surface area contributed by atoms with Gasteiger partial charge in [0, 0.05) is 49.6 Å². The Kier molecular flexibility index (Phi) is 12.6. The van der Waals surface area contributed by atoms with Crippen molar-refractivity contribution in [2.24, 2.45) is 0 Å². The van der Waals surface area contributed by atoms with Crippen LogP contribution in [0.4, 0.5) is 0 Å². The topological polar surface area (TPSA) is 57.5 Å². The van der Waals surface area contributed by atoms with E-state index in [1.54, 1.807) is 12.4 Å². The van der Waals surface area contributed by atoms with E-state index >= 15 is 0 Å². The van der Waals surface area contributed by atoms with Crippen LogP contribution in [0.25, 0.3) is 77.2 Å². The second kappa shape index (κ2) is 19.1. The standard InChI is InChI=1S/2C25H19N2.C8H6N3.Ir/c2*1-18-19(2)27(25-16-8-12-21-10-4-6-14-23(21)25)17-26(18)24-15-7-11-20-9-3-5-13-22(20)24;1-2-5-9-7(3-1)8-4-6-10-11-8;/h2*3-15H,1-2H3;1-6H;/q3*-1;. The Morgan fingerprint density at radius 1 is 0.439 bits per heavy atom. The molecule has 0 aliphatic heterocycles. The Bertz CT molecular complexity index is 3180. The maximum atomic E-state index is 4.12. The molecule has 7 nitrogen and oxygen atoms in total. The molecule has 12 aromatic rings. The number of imidazole rings is 2. The number of pyridine rings is 1. The Morgan fingerprint density at radius 2 is 0.864 bits per heavy atom. The average Bonchev–Trinajstić information content (AvgIpc) is 4.09. The van der Waals surface area contributed by atoms with Crippen molar-refractivity contribution < 1.29 is 29.2 Å². The molecule has 66 heavy (non-hydrogen) atoms. The zero-order valence-corrected chi connectivity index (χ0v) is 39.3. The Labute approximate surface area is 398 Å². The second-order valence-electron chi connectivity index (χ2n) is 15.8. The number of fused-ring (bicyclic) bond motifs is 4. The summed E-state index contributed by atoms with van der Waals surface area (Å²) in [6.07, 6.45) is 10.5. The maximum Gasteiger partial charge on any atom is 0.267 e. The van der Waals surface area contributed by atoms with Crippen LogP contribution in [0.1, 0.15) is 22.8 Å². The molecule has 0 saturated heterocycles. The number of nitrogens with zero attached hydrogens (tertiary/aromatic N) is 7. The van der Waals surface area contributed by atoms with Crippen LogP contribution in [0.15, 0.2) is 194 Å². The first-order valence-corrected chi connectivity index (χ1v) is 21.6. The molecule has 0 bridgehead atoms. The van der Waals surface area contributed by atoms with Crippen molar-refractivity contribution in [3.8, 4) is 34.1 Å². The summed E-state index contributed by atoms with van der Waals surface area (Å²) >= 11 is 0. The summed E-state index contributed by atoms with van der Waals surface area (Å²) in [5.41, 5.74) is 10.7. The predicted molar refractivity (Wildman–Crippen MR) is 260 cm³/mol. The van der Waals surface area contributed by atoms with Gasteiger partial charge in [-0.3, -0.25) is 14.1 Å². The van der Waals surface area contributed by atoms with Gasteiger partial charge >= 0.3 is 0 Å². The van der Waals surface area contributed by atoms with Gasteiger partial charge < -0.3 is 19.3 Å². The summed E-state index contributed by atoms with van der Waals surface area (Å²) in [6, 6.07) is 69.2. The molecule has 8 heteroatoms. The van der Waals surface area contributed by atoms with Crippen LogP contribution in [0.5, 0.6) is 0 Å². The number of aromatic nitrogens is 7. The van der Waals surface area contributed by atoms with Crippen molar-refractivity contribution in [3.05, 3.63) is 242 Å². The number of rotatable bonds is 5. The van der Waals surface area contributed by atoms with E-state index in [4.69, 9.17) is 0 Å². The molecular weight excluding hydrogens is 987 g/mol. The summed E-state index contributed by atoms with van der Waals surface area (Å²) in [4.78, 5) is 4.12. The normalized spacial score (nSPS) is 10.9. The van der Waals surface area contributed by atoms with E-state index in [0.717, 1.165) is 45.5 Å². The molecule has 0 saturated carbocycles. The summed E-state index contributed by atoms with van der Waals surface area (Å²) in [6.45, 7) is 8.58. The Hall–Kier alpha value is -7.77. The Morgan fingerprint density at radius 3 is 1.30 bits per heavy atom. The monoisotopic (exact) mass is 1030 g/mol. The number of hydrogen-bond donors (Lipinski definition) is 0. The van der Waals surface area contributed by atoms with E-state index in [9.17, 15) is 0 Å². The molecule has 4 aromatic heterocycles. The minimum absolute atomic E-state index is 0. The third kappa shape index (κ3) is 8.36. The SMILES string of the molecule is Cc1c(C)[n+](-c2cccc3ccccc23)[c-]n1-c1[c-]ccc2ccccc12.Cc1c(C)[n+](-c2cccc3ccccc23)[c-]n1-c1[c-]ccc2ccccc12.[Ir].c1ccc(-c2ccn[n-]2)nc1. The van der Waals surface area contributed by atoms with E-state index in [0.29, 0.717) is 0 Å². The molecule has 4 heterocycles. The minimum atomic E-state index is 0. The van der Waals surface area contributed by atoms with Crippen molar-refractivity contribution in [2.45, 2.75) is 27.7 Å². The molecule has 8 aromatic carbocycles. The molecule has 0 aliphatic rings. The molecule has 12 rings (SSSR count). The zero-order chi connectivity index (χ0) is 44.3.